The highest BCUT2D eigenvalue weighted by molar-refractivity contribution is 7.88. The van der Waals surface area contributed by atoms with Crippen molar-refractivity contribution in [2.45, 2.75) is 5.75 Å². The highest BCUT2D eigenvalue weighted by atomic mass is 35.5. The van der Waals surface area contributed by atoms with Crippen LogP contribution in [0.15, 0.2) is 89.9 Å². The van der Waals surface area contributed by atoms with Gasteiger partial charge in [-0.2, -0.15) is 14.1 Å². The Morgan fingerprint density at radius 3 is 2.32 bits per heavy atom. The molecule has 1 aliphatic heterocycles. The molecular formula is C27H25ClN4O5S. The van der Waals surface area contributed by atoms with Crippen molar-refractivity contribution in [3.8, 4) is 22.9 Å². The van der Waals surface area contributed by atoms with Gasteiger partial charge in [-0.1, -0.05) is 48.0 Å². The third-order valence-corrected chi connectivity index (χ3v) is 8.27. The van der Waals surface area contributed by atoms with Gasteiger partial charge in [0.05, 0.1) is 17.6 Å². The number of aromatic nitrogens is 2. The predicted octanol–water partition coefficient (Wildman–Crippen LogP) is 4.04. The summed E-state index contributed by atoms with van der Waals surface area (Å²) in [5, 5.41) is 14.4. The molecule has 2 heterocycles. The van der Waals surface area contributed by atoms with Gasteiger partial charge in [0.15, 0.2) is 0 Å². The van der Waals surface area contributed by atoms with Crippen LogP contribution < -0.4 is 15.2 Å². The smallest absolute Gasteiger partial charge is 0.316 e. The third-order valence-electron chi connectivity index (χ3n) is 6.19. The largest absolute Gasteiger partial charge is 0.508 e. The number of piperazine rings is 1. The van der Waals surface area contributed by atoms with Crippen LogP contribution in [0.1, 0.15) is 5.56 Å². The standard InChI is InChI=1S/C27H25ClN4O5S/c28-21-7-4-8-22(17-21)32-27(34)26(37-24-11-9-23(33)10-12-24)25(18-29-32)30-13-15-31(16-14-30)38(35,36)19-20-5-2-1-3-6-20/h1-12,17-18,33H,13-16,19H2. The van der Waals surface area contributed by atoms with Gasteiger partial charge >= 0.3 is 5.56 Å². The second-order valence-electron chi connectivity index (χ2n) is 8.78. The van der Waals surface area contributed by atoms with Crippen LogP contribution in [0.3, 0.4) is 0 Å². The predicted molar refractivity (Wildman–Crippen MR) is 146 cm³/mol. The van der Waals surface area contributed by atoms with Crippen molar-refractivity contribution in [1.82, 2.24) is 14.1 Å². The van der Waals surface area contributed by atoms with E-state index in [9.17, 15) is 18.3 Å². The molecule has 4 aromatic rings. The lowest BCUT2D eigenvalue weighted by molar-refractivity contribution is 0.381. The maximum absolute atomic E-state index is 13.6. The summed E-state index contributed by atoms with van der Waals surface area (Å²) in [7, 11) is -3.50. The molecule has 11 heteroatoms. The van der Waals surface area contributed by atoms with Crippen molar-refractivity contribution in [1.29, 1.82) is 0 Å². The molecule has 1 N–H and O–H groups in total. The first-order valence-electron chi connectivity index (χ1n) is 11.9. The van der Waals surface area contributed by atoms with Gasteiger partial charge < -0.3 is 14.7 Å². The van der Waals surface area contributed by atoms with Gasteiger partial charge in [-0.15, -0.1) is 0 Å². The molecule has 0 radical (unpaired) electrons. The lowest BCUT2D eigenvalue weighted by Crippen LogP contribution is -2.49. The van der Waals surface area contributed by atoms with Crippen molar-refractivity contribution in [3.05, 3.63) is 106 Å². The van der Waals surface area contributed by atoms with Crippen LogP contribution in [0.4, 0.5) is 5.69 Å². The monoisotopic (exact) mass is 552 g/mol. The molecule has 0 amide bonds. The fourth-order valence-corrected chi connectivity index (χ4v) is 5.96. The summed E-state index contributed by atoms with van der Waals surface area (Å²) in [5.74, 6) is 0.386. The van der Waals surface area contributed by atoms with E-state index in [1.54, 1.807) is 48.5 Å². The number of hydrogen-bond donors (Lipinski definition) is 1. The zero-order valence-electron chi connectivity index (χ0n) is 20.3. The van der Waals surface area contributed by atoms with E-state index in [1.807, 2.05) is 23.1 Å². The SMILES string of the molecule is O=c1c(Oc2ccc(O)cc2)c(N2CCN(S(=O)(=O)Cc3ccccc3)CC2)cnn1-c1cccc(Cl)c1. The minimum atomic E-state index is -3.50. The number of phenols is 1. The van der Waals surface area contributed by atoms with E-state index in [0.29, 0.717) is 35.2 Å². The summed E-state index contributed by atoms with van der Waals surface area (Å²) in [6.07, 6.45) is 1.53. The number of sulfonamides is 1. The highest BCUT2D eigenvalue weighted by Crippen LogP contribution is 2.31. The van der Waals surface area contributed by atoms with Crippen LogP contribution in [-0.4, -0.2) is 53.8 Å². The molecule has 0 bridgehead atoms. The average Bonchev–Trinajstić information content (AvgIpc) is 2.91. The van der Waals surface area contributed by atoms with Crippen LogP contribution >= 0.6 is 11.6 Å². The van der Waals surface area contributed by atoms with Gasteiger partial charge in [-0.3, -0.25) is 4.79 Å². The van der Waals surface area contributed by atoms with Crippen LogP contribution in [0.25, 0.3) is 5.69 Å². The van der Waals surface area contributed by atoms with E-state index < -0.39 is 15.6 Å². The molecule has 196 valence electrons. The van der Waals surface area contributed by atoms with Crippen LogP contribution in [0, 0.1) is 0 Å². The second kappa shape index (κ2) is 10.9. The van der Waals surface area contributed by atoms with Gasteiger partial charge in [0.25, 0.3) is 0 Å². The highest BCUT2D eigenvalue weighted by Gasteiger charge is 2.29. The molecule has 3 aromatic carbocycles. The third kappa shape index (κ3) is 5.67. The molecule has 1 fully saturated rings. The Morgan fingerprint density at radius 1 is 0.921 bits per heavy atom. The lowest BCUT2D eigenvalue weighted by Gasteiger charge is -2.35. The Morgan fingerprint density at radius 2 is 1.63 bits per heavy atom. The Balaban J connectivity index is 1.43. The zero-order valence-corrected chi connectivity index (χ0v) is 21.8. The normalized spacial score (nSPS) is 14.4. The fourth-order valence-electron chi connectivity index (χ4n) is 4.26. The Bertz CT molecular complexity index is 1590. The zero-order chi connectivity index (χ0) is 26.7. The van der Waals surface area contributed by atoms with E-state index in [-0.39, 0.29) is 30.3 Å². The molecule has 0 aliphatic carbocycles. The van der Waals surface area contributed by atoms with Crippen molar-refractivity contribution in [2.75, 3.05) is 31.1 Å². The number of phenolic OH excluding ortho intramolecular Hbond substituents is 1. The number of nitrogens with zero attached hydrogens (tertiary/aromatic N) is 4. The van der Waals surface area contributed by atoms with Gasteiger partial charge in [0, 0.05) is 31.2 Å². The molecular weight excluding hydrogens is 528 g/mol. The average molecular weight is 553 g/mol. The van der Waals surface area contributed by atoms with Crippen molar-refractivity contribution < 1.29 is 18.3 Å². The van der Waals surface area contributed by atoms with Crippen LogP contribution in [0.2, 0.25) is 5.02 Å². The summed E-state index contributed by atoms with van der Waals surface area (Å²) in [6, 6.07) is 21.8. The summed E-state index contributed by atoms with van der Waals surface area (Å²) >= 11 is 6.13. The van der Waals surface area contributed by atoms with E-state index in [2.05, 4.69) is 5.10 Å². The van der Waals surface area contributed by atoms with E-state index in [4.69, 9.17) is 16.3 Å². The molecule has 1 saturated heterocycles. The fraction of sp³-hybridized carbons (Fsp3) is 0.185. The lowest BCUT2D eigenvalue weighted by atomic mass is 10.2. The first-order valence-corrected chi connectivity index (χ1v) is 13.9. The van der Waals surface area contributed by atoms with Gasteiger partial charge in [-0.25, -0.2) is 8.42 Å². The number of benzene rings is 3. The second-order valence-corrected chi connectivity index (χ2v) is 11.2. The number of aromatic hydroxyl groups is 1. The van der Waals surface area contributed by atoms with Gasteiger partial charge in [0.1, 0.15) is 17.2 Å². The molecule has 0 atom stereocenters. The molecule has 1 aliphatic rings. The summed E-state index contributed by atoms with van der Waals surface area (Å²) in [6.45, 7) is 1.21. The quantitative estimate of drug-likeness (QED) is 0.369. The first kappa shape index (κ1) is 25.8. The molecule has 0 saturated carbocycles. The summed E-state index contributed by atoms with van der Waals surface area (Å²) in [5.41, 5.74) is 1.15. The molecule has 9 nitrogen and oxygen atoms in total. The van der Waals surface area contributed by atoms with Crippen molar-refractivity contribution in [3.63, 3.8) is 0 Å². The number of rotatable bonds is 7. The Hall–Kier alpha value is -3.86. The molecule has 0 spiro atoms. The maximum atomic E-state index is 13.6. The summed E-state index contributed by atoms with van der Waals surface area (Å²) in [4.78, 5) is 15.5. The molecule has 0 unspecified atom stereocenters. The van der Waals surface area contributed by atoms with E-state index in [1.165, 1.54) is 27.3 Å². The van der Waals surface area contributed by atoms with Crippen LogP contribution in [-0.2, 0) is 15.8 Å². The van der Waals surface area contributed by atoms with Gasteiger partial charge in [-0.05, 0) is 48.0 Å². The van der Waals surface area contributed by atoms with E-state index in [0.717, 1.165) is 5.56 Å². The van der Waals surface area contributed by atoms with Crippen molar-refractivity contribution >= 4 is 27.3 Å². The van der Waals surface area contributed by atoms with Gasteiger partial charge in [0.2, 0.25) is 15.8 Å². The molecule has 1 aromatic heterocycles. The molecule has 38 heavy (non-hydrogen) atoms. The topological polar surface area (TPSA) is 105 Å². The number of halogens is 1. The van der Waals surface area contributed by atoms with Crippen LogP contribution in [0.5, 0.6) is 17.2 Å². The Kier molecular flexibility index (Phi) is 7.37. The number of hydrogen-bond acceptors (Lipinski definition) is 7. The summed E-state index contributed by atoms with van der Waals surface area (Å²) < 4.78 is 34.7. The van der Waals surface area contributed by atoms with E-state index >= 15 is 0 Å². The Labute approximate surface area is 225 Å². The minimum Gasteiger partial charge on any atom is -0.508 e. The first-order chi connectivity index (χ1) is 18.3. The number of anilines is 1. The molecule has 5 rings (SSSR count). The van der Waals surface area contributed by atoms with Crippen molar-refractivity contribution in [2.24, 2.45) is 0 Å². The minimum absolute atomic E-state index is 0.0336. The maximum Gasteiger partial charge on any atom is 0.316 e. The number of ether oxygens (including phenoxy) is 1.